The van der Waals surface area contributed by atoms with Crippen molar-refractivity contribution in [3.8, 4) is 0 Å². The molecule has 0 spiro atoms. The predicted molar refractivity (Wildman–Crippen MR) is 66.8 cm³/mol. The minimum atomic E-state index is -0.449. The van der Waals surface area contributed by atoms with Gasteiger partial charge in [-0.15, -0.1) is 0 Å². The molecule has 0 fully saturated rings. The van der Waals surface area contributed by atoms with Gasteiger partial charge in [-0.2, -0.15) is 0 Å². The Labute approximate surface area is 107 Å². The van der Waals surface area contributed by atoms with Gasteiger partial charge in [-0.25, -0.2) is 9.78 Å². The van der Waals surface area contributed by atoms with Crippen molar-refractivity contribution < 1.29 is 9.53 Å². The molecule has 2 heterocycles. The fourth-order valence-electron chi connectivity index (χ4n) is 1.92. The van der Waals surface area contributed by atoms with Crippen LogP contribution in [0.15, 0.2) is 15.9 Å². The Bertz CT molecular complexity index is 752. The standard InChI is InChI=1S/C11H14N4O4/c1-13-9-8(10(17)14(2)11(13)18)12-6-15(9)5-4-7(16)19-3/h6H,4-5H2,1-3H3. The fourth-order valence-corrected chi connectivity index (χ4v) is 1.92. The zero-order valence-corrected chi connectivity index (χ0v) is 10.9. The summed E-state index contributed by atoms with van der Waals surface area (Å²) in [6, 6.07) is 0. The Balaban J connectivity index is 2.57. The van der Waals surface area contributed by atoms with Crippen LogP contribution in [-0.4, -0.2) is 31.8 Å². The molecular weight excluding hydrogens is 252 g/mol. The number of imidazole rings is 1. The largest absolute Gasteiger partial charge is 0.469 e. The van der Waals surface area contributed by atoms with E-state index in [0.717, 1.165) is 4.57 Å². The van der Waals surface area contributed by atoms with Gasteiger partial charge in [0.15, 0.2) is 5.52 Å². The van der Waals surface area contributed by atoms with E-state index in [2.05, 4.69) is 9.72 Å². The summed E-state index contributed by atoms with van der Waals surface area (Å²) in [6.07, 6.45) is 1.58. The molecule has 0 saturated carbocycles. The molecule has 2 aromatic heterocycles. The maximum absolute atomic E-state index is 11.9. The van der Waals surface area contributed by atoms with Crippen LogP contribution >= 0.6 is 0 Å². The summed E-state index contributed by atoms with van der Waals surface area (Å²) in [5.41, 5.74) is -0.279. The first-order valence-corrected chi connectivity index (χ1v) is 5.65. The van der Waals surface area contributed by atoms with Gasteiger partial charge in [0.2, 0.25) is 0 Å². The third-order valence-electron chi connectivity index (χ3n) is 2.99. The molecule has 8 nitrogen and oxygen atoms in total. The number of nitrogens with zero attached hydrogens (tertiary/aromatic N) is 4. The second kappa shape index (κ2) is 4.71. The maximum atomic E-state index is 11.9. The van der Waals surface area contributed by atoms with Crippen LogP contribution in [0.3, 0.4) is 0 Å². The Kier molecular flexibility index (Phi) is 3.24. The topological polar surface area (TPSA) is 88.1 Å². The van der Waals surface area contributed by atoms with Gasteiger partial charge in [0.05, 0.1) is 19.9 Å². The van der Waals surface area contributed by atoms with E-state index in [-0.39, 0.29) is 17.9 Å². The molecule has 0 amide bonds. The monoisotopic (exact) mass is 266 g/mol. The second-order valence-electron chi connectivity index (χ2n) is 4.14. The number of aryl methyl sites for hydroxylation is 2. The molecule has 8 heteroatoms. The van der Waals surface area contributed by atoms with Crippen molar-refractivity contribution in [2.24, 2.45) is 14.1 Å². The lowest BCUT2D eigenvalue weighted by Gasteiger charge is -2.07. The van der Waals surface area contributed by atoms with Crippen LogP contribution in [0.25, 0.3) is 11.2 Å². The molecule has 0 unspecified atom stereocenters. The van der Waals surface area contributed by atoms with E-state index in [1.54, 1.807) is 11.6 Å². The molecule has 19 heavy (non-hydrogen) atoms. The van der Waals surface area contributed by atoms with Crippen molar-refractivity contribution in [2.45, 2.75) is 13.0 Å². The molecule has 0 atom stereocenters. The Morgan fingerprint density at radius 1 is 1.32 bits per heavy atom. The average molecular weight is 266 g/mol. The maximum Gasteiger partial charge on any atom is 0.332 e. The number of ether oxygens (including phenoxy) is 1. The molecule has 102 valence electrons. The normalized spacial score (nSPS) is 10.9. The summed E-state index contributed by atoms with van der Waals surface area (Å²) in [5.74, 6) is -0.365. The molecule has 2 rings (SSSR count). The molecule has 0 radical (unpaired) electrons. The second-order valence-corrected chi connectivity index (χ2v) is 4.14. The number of carbonyl (C=O) groups is 1. The number of carbonyl (C=O) groups excluding carboxylic acids is 1. The highest BCUT2D eigenvalue weighted by atomic mass is 16.5. The van der Waals surface area contributed by atoms with E-state index in [0.29, 0.717) is 12.2 Å². The van der Waals surface area contributed by atoms with Crippen LogP contribution in [0.5, 0.6) is 0 Å². The van der Waals surface area contributed by atoms with Gasteiger partial charge in [-0.3, -0.25) is 18.7 Å². The number of hydrogen-bond donors (Lipinski definition) is 0. The zero-order valence-electron chi connectivity index (χ0n) is 10.9. The Hall–Kier alpha value is -2.38. The molecule has 0 aliphatic rings. The minimum absolute atomic E-state index is 0.144. The van der Waals surface area contributed by atoms with Crippen LogP contribution in [0.2, 0.25) is 0 Å². The van der Waals surface area contributed by atoms with E-state index >= 15 is 0 Å². The lowest BCUT2D eigenvalue weighted by atomic mass is 10.4. The Morgan fingerprint density at radius 3 is 2.63 bits per heavy atom. The fraction of sp³-hybridized carbons (Fsp3) is 0.455. The molecule has 0 bridgehead atoms. The number of fused-ring (bicyclic) bond motifs is 1. The number of esters is 1. The third-order valence-corrected chi connectivity index (χ3v) is 2.99. The molecule has 0 aromatic carbocycles. The van der Waals surface area contributed by atoms with E-state index in [1.165, 1.54) is 25.1 Å². The van der Waals surface area contributed by atoms with E-state index in [1.807, 2.05) is 0 Å². The van der Waals surface area contributed by atoms with Crippen LogP contribution in [0, 0.1) is 0 Å². The lowest BCUT2D eigenvalue weighted by Crippen LogP contribution is -2.37. The summed E-state index contributed by atoms with van der Waals surface area (Å²) >= 11 is 0. The van der Waals surface area contributed by atoms with Crippen LogP contribution < -0.4 is 11.2 Å². The van der Waals surface area contributed by atoms with Crippen LogP contribution in [-0.2, 0) is 30.2 Å². The van der Waals surface area contributed by atoms with Gasteiger partial charge in [-0.1, -0.05) is 0 Å². The number of hydrogen-bond acceptors (Lipinski definition) is 5. The third kappa shape index (κ3) is 2.05. The smallest absolute Gasteiger partial charge is 0.332 e. The Morgan fingerprint density at radius 2 is 2.00 bits per heavy atom. The van der Waals surface area contributed by atoms with Gasteiger partial charge in [0, 0.05) is 20.6 Å². The summed E-state index contributed by atoms with van der Waals surface area (Å²) in [7, 11) is 4.26. The average Bonchev–Trinajstić information content (AvgIpc) is 2.84. The van der Waals surface area contributed by atoms with Crippen LogP contribution in [0.1, 0.15) is 6.42 Å². The first kappa shape index (κ1) is 13.1. The molecule has 0 N–H and O–H groups in total. The minimum Gasteiger partial charge on any atom is -0.469 e. The molecular formula is C11H14N4O4. The number of aromatic nitrogens is 4. The lowest BCUT2D eigenvalue weighted by molar-refractivity contribution is -0.140. The van der Waals surface area contributed by atoms with Crippen LogP contribution in [0.4, 0.5) is 0 Å². The summed E-state index contributed by atoms with van der Waals surface area (Å²) in [5, 5.41) is 0. The SMILES string of the molecule is COC(=O)CCn1cnc2c(=O)n(C)c(=O)n(C)c21. The molecule has 0 aliphatic heterocycles. The first-order chi connectivity index (χ1) is 8.97. The van der Waals surface area contributed by atoms with E-state index in [9.17, 15) is 14.4 Å². The zero-order chi connectivity index (χ0) is 14.2. The van der Waals surface area contributed by atoms with Crippen molar-refractivity contribution in [1.29, 1.82) is 0 Å². The van der Waals surface area contributed by atoms with E-state index in [4.69, 9.17) is 0 Å². The van der Waals surface area contributed by atoms with Gasteiger partial charge < -0.3 is 9.30 Å². The highest BCUT2D eigenvalue weighted by Crippen LogP contribution is 2.06. The quantitative estimate of drug-likeness (QED) is 0.665. The predicted octanol–water partition coefficient (Wildman–Crippen LogP) is -1.00. The highest BCUT2D eigenvalue weighted by molar-refractivity contribution is 5.71. The summed E-state index contributed by atoms with van der Waals surface area (Å²) in [6.45, 7) is 0.295. The first-order valence-electron chi connectivity index (χ1n) is 5.65. The van der Waals surface area contributed by atoms with Crippen molar-refractivity contribution in [1.82, 2.24) is 18.7 Å². The molecule has 0 aliphatic carbocycles. The summed E-state index contributed by atoms with van der Waals surface area (Å²) in [4.78, 5) is 38.9. The summed E-state index contributed by atoms with van der Waals surface area (Å²) < 4.78 is 8.48. The molecule has 2 aromatic rings. The van der Waals surface area contributed by atoms with Crippen molar-refractivity contribution in [2.75, 3.05) is 7.11 Å². The van der Waals surface area contributed by atoms with Gasteiger partial charge in [0.25, 0.3) is 5.56 Å². The van der Waals surface area contributed by atoms with Gasteiger partial charge >= 0.3 is 11.7 Å². The van der Waals surface area contributed by atoms with Crippen molar-refractivity contribution in [3.63, 3.8) is 0 Å². The molecule has 0 saturated heterocycles. The van der Waals surface area contributed by atoms with Crippen molar-refractivity contribution >= 4 is 17.1 Å². The van der Waals surface area contributed by atoms with E-state index < -0.39 is 11.2 Å². The van der Waals surface area contributed by atoms with Gasteiger partial charge in [0.1, 0.15) is 5.65 Å². The number of rotatable bonds is 3. The number of methoxy groups -OCH3 is 1. The van der Waals surface area contributed by atoms with Crippen molar-refractivity contribution in [3.05, 3.63) is 27.2 Å². The highest BCUT2D eigenvalue weighted by Gasteiger charge is 2.14. The van der Waals surface area contributed by atoms with Gasteiger partial charge in [-0.05, 0) is 0 Å².